The summed E-state index contributed by atoms with van der Waals surface area (Å²) in [6.45, 7) is 10.5. The molecule has 0 aromatic rings. The summed E-state index contributed by atoms with van der Waals surface area (Å²) in [6.07, 6.45) is 2.51. The van der Waals surface area contributed by atoms with Gasteiger partial charge in [-0.15, -0.1) is 0 Å². The van der Waals surface area contributed by atoms with Crippen LogP contribution in [0.1, 0.15) is 47.0 Å². The fourth-order valence-corrected chi connectivity index (χ4v) is 3.19. The maximum Gasteiger partial charge on any atom is 0.0743 e. The number of hydrogen-bond donors (Lipinski definition) is 2. The molecule has 1 saturated heterocycles. The van der Waals surface area contributed by atoms with Crippen LogP contribution < -0.4 is 5.73 Å². The van der Waals surface area contributed by atoms with Gasteiger partial charge in [0.05, 0.1) is 12.2 Å². The van der Waals surface area contributed by atoms with E-state index >= 15 is 0 Å². The van der Waals surface area contributed by atoms with Gasteiger partial charge in [0, 0.05) is 18.6 Å². The molecule has 1 rings (SSSR count). The van der Waals surface area contributed by atoms with Gasteiger partial charge in [0.15, 0.2) is 0 Å². The lowest BCUT2D eigenvalue weighted by atomic mass is 9.64. The molecule has 0 bridgehead atoms. The van der Waals surface area contributed by atoms with Crippen molar-refractivity contribution < 1.29 is 9.84 Å². The second-order valence-corrected chi connectivity index (χ2v) is 6.51. The smallest absolute Gasteiger partial charge is 0.0743 e. The van der Waals surface area contributed by atoms with E-state index in [1.165, 1.54) is 0 Å². The van der Waals surface area contributed by atoms with Gasteiger partial charge in [0.25, 0.3) is 0 Å². The fraction of sp³-hybridized carbons (Fsp3) is 1.00. The molecule has 0 aliphatic carbocycles. The quantitative estimate of drug-likeness (QED) is 0.752. The Labute approximate surface area is 106 Å². The molecule has 1 aliphatic rings. The number of hydrogen-bond acceptors (Lipinski definition) is 3. The molecule has 0 radical (unpaired) electrons. The summed E-state index contributed by atoms with van der Waals surface area (Å²) in [7, 11) is 0. The highest BCUT2D eigenvalue weighted by Crippen LogP contribution is 2.45. The van der Waals surface area contributed by atoms with Crippen molar-refractivity contribution in [1.82, 2.24) is 0 Å². The highest BCUT2D eigenvalue weighted by Gasteiger charge is 2.51. The monoisotopic (exact) mass is 243 g/mol. The average Bonchev–Trinajstić information content (AvgIpc) is 2.64. The maximum atomic E-state index is 11.1. The van der Waals surface area contributed by atoms with E-state index in [-0.39, 0.29) is 5.41 Å². The van der Waals surface area contributed by atoms with Gasteiger partial charge in [-0.05, 0) is 31.1 Å². The van der Waals surface area contributed by atoms with Crippen LogP contribution in [-0.2, 0) is 4.74 Å². The van der Waals surface area contributed by atoms with Crippen LogP contribution in [0, 0.1) is 17.3 Å². The lowest BCUT2D eigenvalue weighted by molar-refractivity contribution is -0.109. The van der Waals surface area contributed by atoms with Gasteiger partial charge in [-0.2, -0.15) is 0 Å². The third kappa shape index (κ3) is 3.21. The minimum Gasteiger partial charge on any atom is -0.389 e. The molecule has 0 aromatic heterocycles. The predicted molar refractivity (Wildman–Crippen MR) is 70.8 cm³/mol. The van der Waals surface area contributed by atoms with Crippen molar-refractivity contribution in [3.05, 3.63) is 0 Å². The van der Waals surface area contributed by atoms with Crippen molar-refractivity contribution in [3.63, 3.8) is 0 Å². The highest BCUT2D eigenvalue weighted by atomic mass is 16.5. The number of ether oxygens (including phenoxy) is 1. The minimum atomic E-state index is -0.680. The summed E-state index contributed by atoms with van der Waals surface area (Å²) >= 11 is 0. The van der Waals surface area contributed by atoms with Crippen molar-refractivity contribution in [1.29, 1.82) is 0 Å². The normalized spacial score (nSPS) is 26.1. The first-order valence-corrected chi connectivity index (χ1v) is 6.85. The molecular formula is C14H29NO2. The number of nitrogens with two attached hydrogens (primary N) is 1. The Morgan fingerprint density at radius 2 is 1.76 bits per heavy atom. The molecule has 1 fully saturated rings. The van der Waals surface area contributed by atoms with Gasteiger partial charge in [-0.3, -0.25) is 0 Å². The van der Waals surface area contributed by atoms with E-state index in [0.29, 0.717) is 25.0 Å². The largest absolute Gasteiger partial charge is 0.389 e. The first kappa shape index (κ1) is 14.9. The summed E-state index contributed by atoms with van der Waals surface area (Å²) in [5, 5.41) is 11.1. The molecule has 1 unspecified atom stereocenters. The highest BCUT2D eigenvalue weighted by molar-refractivity contribution is 5.02. The molecule has 0 spiro atoms. The van der Waals surface area contributed by atoms with Crippen LogP contribution in [0.3, 0.4) is 0 Å². The predicted octanol–water partition coefficient (Wildman–Crippen LogP) is 2.18. The lowest BCUT2D eigenvalue weighted by Crippen LogP contribution is -2.54. The van der Waals surface area contributed by atoms with Gasteiger partial charge in [-0.25, -0.2) is 0 Å². The van der Waals surface area contributed by atoms with Crippen molar-refractivity contribution in [2.45, 2.75) is 52.6 Å². The van der Waals surface area contributed by atoms with Gasteiger partial charge in [0.1, 0.15) is 0 Å². The molecule has 3 heteroatoms. The molecule has 0 aromatic carbocycles. The zero-order chi connectivity index (χ0) is 13.1. The Kier molecular flexibility index (Phi) is 4.99. The molecule has 0 amide bonds. The first-order chi connectivity index (χ1) is 7.85. The van der Waals surface area contributed by atoms with Crippen molar-refractivity contribution in [3.8, 4) is 0 Å². The molecule has 1 aliphatic heterocycles. The van der Waals surface area contributed by atoms with Crippen LogP contribution in [0.5, 0.6) is 0 Å². The summed E-state index contributed by atoms with van der Waals surface area (Å²) in [6, 6.07) is 0. The SMILES string of the molecule is CC(C)CC(O)(CC(C)C)C1(CN)CCOC1. The molecule has 0 saturated carbocycles. The van der Waals surface area contributed by atoms with Gasteiger partial charge in [0.2, 0.25) is 0 Å². The molecule has 17 heavy (non-hydrogen) atoms. The second kappa shape index (κ2) is 5.68. The summed E-state index contributed by atoms with van der Waals surface area (Å²) in [5.74, 6) is 0.950. The lowest BCUT2D eigenvalue weighted by Gasteiger charge is -2.45. The Morgan fingerprint density at radius 1 is 1.24 bits per heavy atom. The zero-order valence-corrected chi connectivity index (χ0v) is 11.8. The summed E-state index contributed by atoms with van der Waals surface area (Å²) < 4.78 is 5.52. The van der Waals surface area contributed by atoms with Crippen molar-refractivity contribution in [2.24, 2.45) is 23.0 Å². The maximum absolute atomic E-state index is 11.1. The Morgan fingerprint density at radius 3 is 2.06 bits per heavy atom. The average molecular weight is 243 g/mol. The van der Waals surface area contributed by atoms with Gasteiger partial charge < -0.3 is 15.6 Å². The third-order valence-corrected chi connectivity index (χ3v) is 3.97. The van der Waals surface area contributed by atoms with Gasteiger partial charge >= 0.3 is 0 Å². The van der Waals surface area contributed by atoms with Crippen LogP contribution in [0.2, 0.25) is 0 Å². The van der Waals surface area contributed by atoms with E-state index < -0.39 is 5.60 Å². The molecule has 3 nitrogen and oxygen atoms in total. The Bertz CT molecular complexity index is 222. The van der Waals surface area contributed by atoms with E-state index in [9.17, 15) is 5.11 Å². The van der Waals surface area contributed by atoms with Crippen LogP contribution in [0.15, 0.2) is 0 Å². The number of aliphatic hydroxyl groups is 1. The number of rotatable bonds is 6. The molecule has 1 heterocycles. The van der Waals surface area contributed by atoms with Crippen molar-refractivity contribution in [2.75, 3.05) is 19.8 Å². The standard InChI is InChI=1S/C14H29NO2/c1-11(2)7-14(16,8-12(3)4)13(9-15)5-6-17-10-13/h11-12,16H,5-10,15H2,1-4H3. The van der Waals surface area contributed by atoms with Crippen LogP contribution >= 0.6 is 0 Å². The molecule has 1 atom stereocenters. The first-order valence-electron chi connectivity index (χ1n) is 6.85. The summed E-state index contributed by atoms with van der Waals surface area (Å²) in [5.41, 5.74) is 5.05. The van der Waals surface area contributed by atoms with E-state index in [2.05, 4.69) is 27.7 Å². The van der Waals surface area contributed by atoms with Crippen LogP contribution in [0.4, 0.5) is 0 Å². The van der Waals surface area contributed by atoms with E-state index in [1.807, 2.05) is 0 Å². The molecule has 3 N–H and O–H groups in total. The van der Waals surface area contributed by atoms with Crippen LogP contribution in [-0.4, -0.2) is 30.5 Å². The van der Waals surface area contributed by atoms with E-state index in [1.54, 1.807) is 0 Å². The second-order valence-electron chi connectivity index (χ2n) is 6.51. The van der Waals surface area contributed by atoms with Crippen LogP contribution in [0.25, 0.3) is 0 Å². The minimum absolute atomic E-state index is 0.235. The zero-order valence-electron chi connectivity index (χ0n) is 11.8. The van der Waals surface area contributed by atoms with Crippen molar-refractivity contribution >= 4 is 0 Å². The van der Waals surface area contributed by atoms with E-state index in [4.69, 9.17) is 10.5 Å². The van der Waals surface area contributed by atoms with E-state index in [0.717, 1.165) is 25.9 Å². The molecule has 102 valence electrons. The Balaban J connectivity index is 2.94. The third-order valence-electron chi connectivity index (χ3n) is 3.97. The van der Waals surface area contributed by atoms with Gasteiger partial charge in [-0.1, -0.05) is 27.7 Å². The topological polar surface area (TPSA) is 55.5 Å². The molecular weight excluding hydrogens is 214 g/mol. The Hall–Kier alpha value is -0.120. The summed E-state index contributed by atoms with van der Waals surface area (Å²) in [4.78, 5) is 0. The fourth-order valence-electron chi connectivity index (χ4n) is 3.19.